The smallest absolute Gasteiger partial charge is 0.191 e. The second kappa shape index (κ2) is 3.61. The summed E-state index contributed by atoms with van der Waals surface area (Å²) in [4.78, 5) is 4.13. The van der Waals surface area contributed by atoms with Crippen LogP contribution in [-0.2, 0) is 0 Å². The van der Waals surface area contributed by atoms with Crippen LogP contribution in [0.3, 0.4) is 0 Å². The van der Waals surface area contributed by atoms with Gasteiger partial charge in [0, 0.05) is 18.8 Å². The average Bonchev–Trinajstić information content (AvgIpc) is 2.34. The van der Waals surface area contributed by atoms with Crippen molar-refractivity contribution in [3.63, 3.8) is 0 Å². The third kappa shape index (κ3) is 2.13. The van der Waals surface area contributed by atoms with E-state index < -0.39 is 0 Å². The standard InChI is InChI=1S/C5H11N3S/c9-4-3-8-5-6-1-2-7-5/h9H,1-4H2,(H2,6,7,8). The summed E-state index contributed by atoms with van der Waals surface area (Å²) in [5, 5.41) is 6.19. The summed E-state index contributed by atoms with van der Waals surface area (Å²) in [6.45, 7) is 2.75. The Hall–Kier alpha value is -0.380. The van der Waals surface area contributed by atoms with Gasteiger partial charge in [-0.3, -0.25) is 4.99 Å². The van der Waals surface area contributed by atoms with Gasteiger partial charge in [0.2, 0.25) is 0 Å². The number of hydrogen-bond donors (Lipinski definition) is 3. The van der Waals surface area contributed by atoms with E-state index in [1.807, 2.05) is 0 Å². The van der Waals surface area contributed by atoms with Gasteiger partial charge in [-0.1, -0.05) is 0 Å². The molecule has 1 aliphatic rings. The van der Waals surface area contributed by atoms with Gasteiger partial charge in [-0.05, 0) is 0 Å². The van der Waals surface area contributed by atoms with Gasteiger partial charge in [0.1, 0.15) is 0 Å². The number of nitrogens with zero attached hydrogens (tertiary/aromatic N) is 1. The Kier molecular flexibility index (Phi) is 2.70. The lowest BCUT2D eigenvalue weighted by atomic mass is 10.7. The fourth-order valence-electron chi connectivity index (χ4n) is 0.691. The van der Waals surface area contributed by atoms with E-state index in [0.29, 0.717) is 0 Å². The van der Waals surface area contributed by atoms with E-state index in [-0.39, 0.29) is 0 Å². The third-order valence-corrected chi connectivity index (χ3v) is 1.30. The quantitative estimate of drug-likeness (QED) is 0.457. The van der Waals surface area contributed by atoms with E-state index in [4.69, 9.17) is 0 Å². The zero-order valence-electron chi connectivity index (χ0n) is 5.22. The van der Waals surface area contributed by atoms with Crippen molar-refractivity contribution in [2.45, 2.75) is 0 Å². The van der Waals surface area contributed by atoms with Crippen molar-refractivity contribution < 1.29 is 0 Å². The van der Waals surface area contributed by atoms with Crippen LogP contribution in [0.2, 0.25) is 0 Å². The average molecular weight is 145 g/mol. The van der Waals surface area contributed by atoms with E-state index in [2.05, 4.69) is 28.3 Å². The summed E-state index contributed by atoms with van der Waals surface area (Å²) in [6.07, 6.45) is 0. The number of rotatable bonds is 2. The fourth-order valence-corrected chi connectivity index (χ4v) is 0.802. The molecule has 0 aromatic rings. The Balaban J connectivity index is 2.11. The molecule has 2 N–H and O–H groups in total. The summed E-state index contributed by atoms with van der Waals surface area (Å²) in [5.74, 6) is 1.77. The lowest BCUT2D eigenvalue weighted by molar-refractivity contribution is 0.904. The topological polar surface area (TPSA) is 36.4 Å². The monoisotopic (exact) mass is 145 g/mol. The summed E-state index contributed by atoms with van der Waals surface area (Å²) < 4.78 is 0. The van der Waals surface area contributed by atoms with E-state index >= 15 is 0 Å². The molecule has 0 atom stereocenters. The maximum Gasteiger partial charge on any atom is 0.191 e. The van der Waals surface area contributed by atoms with Crippen LogP contribution in [0.1, 0.15) is 0 Å². The molecular weight excluding hydrogens is 134 g/mol. The van der Waals surface area contributed by atoms with Crippen molar-refractivity contribution in [1.82, 2.24) is 10.6 Å². The van der Waals surface area contributed by atoms with E-state index in [1.165, 1.54) is 0 Å². The van der Waals surface area contributed by atoms with Crippen LogP contribution in [0.5, 0.6) is 0 Å². The second-order valence-electron chi connectivity index (χ2n) is 1.81. The maximum atomic E-state index is 4.13. The summed E-state index contributed by atoms with van der Waals surface area (Å²) >= 11 is 4.05. The lowest BCUT2D eigenvalue weighted by Gasteiger charge is -2.02. The molecule has 0 radical (unpaired) electrons. The van der Waals surface area contributed by atoms with Crippen molar-refractivity contribution in [2.24, 2.45) is 4.99 Å². The minimum absolute atomic E-state index is 0.848. The molecule has 1 rings (SSSR count). The Morgan fingerprint density at radius 1 is 1.78 bits per heavy atom. The van der Waals surface area contributed by atoms with Gasteiger partial charge in [-0.25, -0.2) is 0 Å². The molecule has 0 aliphatic carbocycles. The summed E-state index contributed by atoms with van der Waals surface area (Å²) in [7, 11) is 0. The van der Waals surface area contributed by atoms with Crippen molar-refractivity contribution in [3.05, 3.63) is 0 Å². The molecule has 3 nitrogen and oxygen atoms in total. The highest BCUT2D eigenvalue weighted by Gasteiger charge is 2.00. The van der Waals surface area contributed by atoms with Gasteiger partial charge in [0.15, 0.2) is 5.96 Å². The molecule has 9 heavy (non-hydrogen) atoms. The van der Waals surface area contributed by atoms with Crippen molar-refractivity contribution in [2.75, 3.05) is 25.4 Å². The molecule has 0 unspecified atom stereocenters. The van der Waals surface area contributed by atoms with E-state index in [9.17, 15) is 0 Å². The molecule has 0 aromatic carbocycles. The summed E-state index contributed by atoms with van der Waals surface area (Å²) in [6, 6.07) is 0. The first-order valence-corrected chi connectivity index (χ1v) is 3.70. The van der Waals surface area contributed by atoms with Gasteiger partial charge in [-0.15, -0.1) is 0 Å². The van der Waals surface area contributed by atoms with Gasteiger partial charge in [-0.2, -0.15) is 12.6 Å². The third-order valence-electron chi connectivity index (χ3n) is 1.08. The summed E-state index contributed by atoms with van der Waals surface area (Å²) in [5.41, 5.74) is 0. The zero-order chi connectivity index (χ0) is 6.53. The highest BCUT2D eigenvalue weighted by Crippen LogP contribution is 1.80. The number of thiol groups is 1. The molecule has 4 heteroatoms. The number of guanidine groups is 1. The molecule has 0 amide bonds. The molecule has 0 bridgehead atoms. The molecule has 1 aliphatic heterocycles. The number of aliphatic imine (C=N–C) groups is 1. The van der Waals surface area contributed by atoms with E-state index in [0.717, 1.165) is 31.3 Å². The van der Waals surface area contributed by atoms with Crippen LogP contribution in [0, 0.1) is 0 Å². The van der Waals surface area contributed by atoms with Crippen LogP contribution in [-0.4, -0.2) is 31.3 Å². The van der Waals surface area contributed by atoms with Crippen molar-refractivity contribution in [3.8, 4) is 0 Å². The lowest BCUT2D eigenvalue weighted by Crippen LogP contribution is -2.34. The van der Waals surface area contributed by atoms with Gasteiger partial charge >= 0.3 is 0 Å². The normalized spacial score (nSPS) is 16.8. The Labute approximate surface area is 60.3 Å². The highest BCUT2D eigenvalue weighted by molar-refractivity contribution is 7.80. The molecule has 0 spiro atoms. The van der Waals surface area contributed by atoms with Gasteiger partial charge in [0.25, 0.3) is 0 Å². The maximum absolute atomic E-state index is 4.13. The van der Waals surface area contributed by atoms with Gasteiger partial charge < -0.3 is 10.6 Å². The SMILES string of the molecule is SCCNC1=NCCN1. The van der Waals surface area contributed by atoms with Gasteiger partial charge in [0.05, 0.1) is 6.54 Å². The number of hydrogen-bond acceptors (Lipinski definition) is 4. The van der Waals surface area contributed by atoms with Crippen LogP contribution < -0.4 is 10.6 Å². The molecule has 0 aromatic heterocycles. The molecule has 0 saturated carbocycles. The molecule has 0 fully saturated rings. The number of nitrogens with one attached hydrogen (secondary N) is 2. The molecule has 0 saturated heterocycles. The Bertz CT molecular complexity index is 113. The largest absolute Gasteiger partial charge is 0.356 e. The Morgan fingerprint density at radius 3 is 3.22 bits per heavy atom. The van der Waals surface area contributed by atoms with Crippen LogP contribution in [0.4, 0.5) is 0 Å². The van der Waals surface area contributed by atoms with Crippen LogP contribution in [0.15, 0.2) is 4.99 Å². The minimum Gasteiger partial charge on any atom is -0.356 e. The Morgan fingerprint density at radius 2 is 2.67 bits per heavy atom. The first kappa shape index (κ1) is 6.74. The predicted molar refractivity (Wildman–Crippen MR) is 42.2 cm³/mol. The van der Waals surface area contributed by atoms with Crippen molar-refractivity contribution in [1.29, 1.82) is 0 Å². The zero-order valence-corrected chi connectivity index (χ0v) is 6.12. The van der Waals surface area contributed by atoms with Crippen LogP contribution in [0.25, 0.3) is 0 Å². The first-order valence-electron chi connectivity index (χ1n) is 3.06. The van der Waals surface area contributed by atoms with E-state index in [1.54, 1.807) is 0 Å². The highest BCUT2D eigenvalue weighted by atomic mass is 32.1. The first-order chi connectivity index (χ1) is 4.43. The van der Waals surface area contributed by atoms with Crippen LogP contribution >= 0.6 is 12.6 Å². The molecular formula is C5H11N3S. The molecule has 1 heterocycles. The molecule has 52 valence electrons. The fraction of sp³-hybridized carbons (Fsp3) is 0.800. The predicted octanol–water partition coefficient (Wildman–Crippen LogP) is -0.535. The second-order valence-corrected chi connectivity index (χ2v) is 2.25. The van der Waals surface area contributed by atoms with Crippen molar-refractivity contribution >= 4 is 18.6 Å². The minimum atomic E-state index is 0.848.